The van der Waals surface area contributed by atoms with E-state index < -0.39 is 0 Å². The van der Waals surface area contributed by atoms with Gasteiger partial charge in [0.15, 0.2) is 5.78 Å². The molecule has 0 unspecified atom stereocenters. The lowest BCUT2D eigenvalue weighted by Crippen LogP contribution is -2.00. The Bertz CT molecular complexity index is 304. The van der Waals surface area contributed by atoms with Gasteiger partial charge in [0, 0.05) is 11.8 Å². The predicted molar refractivity (Wildman–Crippen MR) is 39.9 cm³/mol. The Balaban J connectivity index is 0.000000605. The van der Waals surface area contributed by atoms with Gasteiger partial charge in [-0.3, -0.25) is 9.79 Å². The third-order valence-corrected chi connectivity index (χ3v) is 1.50. The van der Waals surface area contributed by atoms with Crippen LogP contribution in [0.4, 0.5) is 0 Å². The van der Waals surface area contributed by atoms with E-state index in [9.17, 15) is 4.79 Å². The maximum Gasteiger partial charge on any atom is 1.00 e. The Labute approximate surface area is 59.8 Å². The number of carbonyl (C=O) groups is 1. The number of aliphatic imine (C=N–C) groups is 1. The number of rotatable bonds is 0. The van der Waals surface area contributed by atoms with E-state index in [0.29, 0.717) is 5.57 Å². The molecule has 2 nitrogen and oxygen atoms in total. The molecular formula is C8H6NO+. The first-order valence-corrected chi connectivity index (χ1v) is 3.05. The Morgan fingerprint density at radius 3 is 3.10 bits per heavy atom. The second kappa shape index (κ2) is 1.77. The molecular weight excluding hydrogens is 126 g/mol. The number of carbonyl (C=O) groups excluding carboxylic acids is 1. The monoisotopic (exact) mass is 132 g/mol. The summed E-state index contributed by atoms with van der Waals surface area (Å²) in [5.74, 6) is 0.0509. The van der Waals surface area contributed by atoms with Crippen LogP contribution in [0.15, 0.2) is 40.6 Å². The Morgan fingerprint density at radius 1 is 1.40 bits per heavy atom. The van der Waals surface area contributed by atoms with Crippen LogP contribution in [0.2, 0.25) is 0 Å². The lowest BCUT2D eigenvalue weighted by Gasteiger charge is -2.00. The van der Waals surface area contributed by atoms with Gasteiger partial charge in [-0.25, -0.2) is 0 Å². The molecule has 2 aliphatic rings. The van der Waals surface area contributed by atoms with Crippen molar-refractivity contribution in [2.45, 2.75) is 0 Å². The van der Waals surface area contributed by atoms with Crippen LogP contribution in [-0.2, 0) is 4.79 Å². The van der Waals surface area contributed by atoms with Crippen molar-refractivity contribution >= 4 is 12.0 Å². The SMILES string of the molecule is O=C1C=CC=C2N=CC=C12.[H+]. The molecule has 0 bridgehead atoms. The van der Waals surface area contributed by atoms with Crippen LogP contribution in [0.5, 0.6) is 0 Å². The largest absolute Gasteiger partial charge is 1.00 e. The van der Waals surface area contributed by atoms with E-state index in [0.717, 1.165) is 5.70 Å². The van der Waals surface area contributed by atoms with Crippen molar-refractivity contribution in [3.05, 3.63) is 35.6 Å². The minimum Gasteiger partial charge on any atom is -0.289 e. The zero-order chi connectivity index (χ0) is 6.97. The standard InChI is InChI=1S/C8H5NO/c10-8-3-1-2-7-6(8)4-5-9-7/h1-5H/p+1. The molecule has 1 aliphatic carbocycles. The molecule has 0 radical (unpaired) electrons. The van der Waals surface area contributed by atoms with Gasteiger partial charge in [0.25, 0.3) is 0 Å². The second-order valence-electron chi connectivity index (χ2n) is 2.13. The topological polar surface area (TPSA) is 29.4 Å². The summed E-state index contributed by atoms with van der Waals surface area (Å²) in [5, 5.41) is 0. The molecule has 0 N–H and O–H groups in total. The van der Waals surface area contributed by atoms with E-state index in [-0.39, 0.29) is 7.21 Å². The fourth-order valence-corrected chi connectivity index (χ4v) is 1.00. The van der Waals surface area contributed by atoms with E-state index in [2.05, 4.69) is 4.99 Å². The average molecular weight is 132 g/mol. The predicted octanol–water partition coefficient (Wildman–Crippen LogP) is 1.13. The molecule has 1 aliphatic heterocycles. The molecule has 1 heterocycles. The van der Waals surface area contributed by atoms with Gasteiger partial charge in [0.1, 0.15) is 0 Å². The molecule has 2 heteroatoms. The Kier molecular flexibility index (Phi) is 0.947. The van der Waals surface area contributed by atoms with Crippen molar-refractivity contribution < 1.29 is 6.22 Å². The maximum atomic E-state index is 11.0. The minimum absolute atomic E-state index is 0. The molecule has 2 rings (SSSR count). The quantitative estimate of drug-likeness (QED) is 0.485. The van der Waals surface area contributed by atoms with Crippen molar-refractivity contribution in [2.24, 2.45) is 4.99 Å². The van der Waals surface area contributed by atoms with Crippen molar-refractivity contribution in [3.8, 4) is 0 Å². The third-order valence-electron chi connectivity index (χ3n) is 1.50. The van der Waals surface area contributed by atoms with E-state index in [1.165, 1.54) is 0 Å². The molecule has 0 spiro atoms. The van der Waals surface area contributed by atoms with E-state index >= 15 is 0 Å². The molecule has 0 aromatic rings. The summed E-state index contributed by atoms with van der Waals surface area (Å²) in [4.78, 5) is 15.0. The first-order valence-electron chi connectivity index (χ1n) is 3.05. The molecule has 10 heavy (non-hydrogen) atoms. The smallest absolute Gasteiger partial charge is 0.289 e. The van der Waals surface area contributed by atoms with E-state index in [4.69, 9.17) is 0 Å². The average Bonchev–Trinajstić information content (AvgIpc) is 2.36. The zero-order valence-electron chi connectivity index (χ0n) is 6.24. The molecule has 0 amide bonds. The van der Waals surface area contributed by atoms with E-state index in [1.807, 2.05) is 6.08 Å². The van der Waals surface area contributed by atoms with Crippen LogP contribution >= 0.6 is 0 Å². The molecule has 0 aromatic heterocycles. The number of ketones is 1. The summed E-state index contributed by atoms with van der Waals surface area (Å²) >= 11 is 0. The van der Waals surface area contributed by atoms with Gasteiger partial charge >= 0.3 is 1.43 Å². The van der Waals surface area contributed by atoms with Gasteiger partial charge < -0.3 is 0 Å². The van der Waals surface area contributed by atoms with Gasteiger partial charge in [-0.2, -0.15) is 0 Å². The number of hydrogen-bond donors (Lipinski definition) is 0. The van der Waals surface area contributed by atoms with Crippen LogP contribution in [0.3, 0.4) is 0 Å². The van der Waals surface area contributed by atoms with E-state index in [1.54, 1.807) is 24.4 Å². The Morgan fingerprint density at radius 2 is 2.30 bits per heavy atom. The van der Waals surface area contributed by atoms with Crippen LogP contribution < -0.4 is 0 Å². The van der Waals surface area contributed by atoms with Crippen LogP contribution in [-0.4, -0.2) is 12.0 Å². The van der Waals surface area contributed by atoms with Gasteiger partial charge in [-0.05, 0) is 18.2 Å². The zero-order valence-corrected chi connectivity index (χ0v) is 5.24. The highest BCUT2D eigenvalue weighted by atomic mass is 16.1. The van der Waals surface area contributed by atoms with Gasteiger partial charge in [0.2, 0.25) is 0 Å². The summed E-state index contributed by atoms with van der Waals surface area (Å²) in [5.41, 5.74) is 1.50. The summed E-state index contributed by atoms with van der Waals surface area (Å²) in [6, 6.07) is 0. The highest BCUT2D eigenvalue weighted by Gasteiger charge is 2.15. The molecule has 48 valence electrons. The molecule has 0 atom stereocenters. The number of nitrogens with zero attached hydrogens (tertiary/aromatic N) is 1. The number of allylic oxidation sites excluding steroid dienone is 5. The van der Waals surface area contributed by atoms with Gasteiger partial charge in [0.05, 0.1) is 5.70 Å². The fourth-order valence-electron chi connectivity index (χ4n) is 1.00. The van der Waals surface area contributed by atoms with Gasteiger partial charge in [-0.15, -0.1) is 0 Å². The number of fused-ring (bicyclic) bond motifs is 1. The summed E-state index contributed by atoms with van der Waals surface area (Å²) in [7, 11) is 0. The summed E-state index contributed by atoms with van der Waals surface area (Å²) in [6.45, 7) is 0. The molecule has 0 saturated carbocycles. The lowest BCUT2D eigenvalue weighted by atomic mass is 10.0. The third kappa shape index (κ3) is 0.589. The highest BCUT2D eigenvalue weighted by molar-refractivity contribution is 6.12. The molecule has 0 aromatic carbocycles. The lowest BCUT2D eigenvalue weighted by molar-refractivity contribution is -0.111. The first-order chi connectivity index (χ1) is 4.88. The van der Waals surface area contributed by atoms with Crippen molar-refractivity contribution in [2.75, 3.05) is 0 Å². The normalized spacial score (nSPS) is 20.6. The first kappa shape index (κ1) is 5.35. The van der Waals surface area contributed by atoms with Crippen LogP contribution in [0.1, 0.15) is 1.43 Å². The second-order valence-corrected chi connectivity index (χ2v) is 2.13. The van der Waals surface area contributed by atoms with Crippen molar-refractivity contribution in [1.82, 2.24) is 0 Å². The minimum atomic E-state index is 0. The number of hydrogen-bond acceptors (Lipinski definition) is 2. The van der Waals surface area contributed by atoms with Crippen LogP contribution in [0.25, 0.3) is 0 Å². The fraction of sp³-hybridized carbons (Fsp3) is 0. The van der Waals surface area contributed by atoms with Crippen molar-refractivity contribution in [1.29, 1.82) is 0 Å². The Hall–Kier alpha value is -1.44. The van der Waals surface area contributed by atoms with Crippen molar-refractivity contribution in [3.63, 3.8) is 0 Å². The van der Waals surface area contributed by atoms with Crippen LogP contribution in [0, 0.1) is 0 Å². The summed E-state index contributed by atoms with van der Waals surface area (Å²) in [6.07, 6.45) is 8.47. The summed E-state index contributed by atoms with van der Waals surface area (Å²) < 4.78 is 0. The highest BCUT2D eigenvalue weighted by Crippen LogP contribution is 2.20. The maximum absolute atomic E-state index is 11.0. The molecule has 0 fully saturated rings. The molecule has 0 saturated heterocycles. The van der Waals surface area contributed by atoms with Gasteiger partial charge in [-0.1, -0.05) is 6.08 Å².